The van der Waals surface area contributed by atoms with Gasteiger partial charge in [-0.1, -0.05) is 205 Å². The number of allylic oxidation sites excluding steroid dienone is 2. The minimum Gasteiger partial charge on any atom is -0.390 e. The Bertz CT molecular complexity index is 1540. The van der Waals surface area contributed by atoms with Crippen LogP contribution in [0.1, 0.15) is 242 Å². The summed E-state index contributed by atoms with van der Waals surface area (Å²) in [7, 11) is 0. The van der Waals surface area contributed by atoms with Crippen molar-refractivity contribution in [3.05, 3.63) is 46.5 Å². The predicted molar refractivity (Wildman–Crippen MR) is 278 cm³/mol. The Morgan fingerprint density at radius 1 is 0.676 bits per heavy atom. The summed E-state index contributed by atoms with van der Waals surface area (Å²) in [4.78, 5) is 26.1. The number of alkyl halides is 3. The second kappa shape index (κ2) is 40.1. The maximum absolute atomic E-state index is 13.4. The Hall–Kier alpha value is -2.30. The molecule has 1 aliphatic heterocycles. The van der Waals surface area contributed by atoms with E-state index in [1.165, 1.54) is 141 Å². The van der Waals surface area contributed by atoms with Crippen molar-refractivity contribution in [2.24, 2.45) is 0 Å². The number of aliphatic hydroxyl groups excluding tert-OH is 5. The van der Waals surface area contributed by atoms with Crippen molar-refractivity contribution < 1.29 is 57.8 Å². The van der Waals surface area contributed by atoms with E-state index < -0.39 is 84.8 Å². The van der Waals surface area contributed by atoms with E-state index in [2.05, 4.69) is 36.6 Å². The summed E-state index contributed by atoms with van der Waals surface area (Å²) in [5.41, 5.74) is -1.57. The Morgan fingerprint density at radius 3 is 1.63 bits per heavy atom. The van der Waals surface area contributed by atoms with Crippen molar-refractivity contribution >= 4 is 23.4 Å². The quantitative estimate of drug-likeness (QED) is 0.0248. The average molecular weight is 1030 g/mol. The fraction of sp³-hybridized carbons (Fsp3) is 0.821. The number of benzene rings is 1. The van der Waals surface area contributed by atoms with Crippen LogP contribution in [0.25, 0.3) is 0 Å². The SMILES string of the molecule is CCCCCCCC/C=C\CCCCCCCCCCCCCC(=O)N[C@@H](CO[C@H]1OC(CNC(=O)c2ccc(Cl)c(C(F)(F)F)c2)[C@H](O)[C@H](O)C1O)[C@H](O)[C@H](O)CCCCCCCCCCCCCC. The Kier molecular flexibility index (Phi) is 36.6. The summed E-state index contributed by atoms with van der Waals surface area (Å²) in [5, 5.41) is 59.2. The second-order valence-corrected chi connectivity index (χ2v) is 20.5. The van der Waals surface area contributed by atoms with E-state index in [1.54, 1.807) is 0 Å². The van der Waals surface area contributed by atoms with Crippen LogP contribution < -0.4 is 10.6 Å². The van der Waals surface area contributed by atoms with E-state index in [0.717, 1.165) is 57.1 Å². The smallest absolute Gasteiger partial charge is 0.390 e. The molecule has 1 fully saturated rings. The van der Waals surface area contributed by atoms with Crippen molar-refractivity contribution in [2.45, 2.75) is 281 Å². The number of halogens is 4. The number of ether oxygens (including phenoxy) is 2. The third kappa shape index (κ3) is 29.4. The molecule has 2 rings (SSSR count). The number of rotatable bonds is 43. The molecule has 0 bridgehead atoms. The first-order chi connectivity index (χ1) is 34.2. The molecule has 412 valence electrons. The van der Waals surface area contributed by atoms with E-state index in [9.17, 15) is 48.3 Å². The van der Waals surface area contributed by atoms with Crippen LogP contribution in [0.5, 0.6) is 0 Å². The van der Waals surface area contributed by atoms with E-state index in [-0.39, 0.29) is 24.3 Å². The van der Waals surface area contributed by atoms with Gasteiger partial charge in [0.2, 0.25) is 5.91 Å². The van der Waals surface area contributed by atoms with E-state index >= 15 is 0 Å². The van der Waals surface area contributed by atoms with Gasteiger partial charge in [0.25, 0.3) is 5.91 Å². The van der Waals surface area contributed by atoms with Crippen molar-refractivity contribution in [1.82, 2.24) is 10.6 Å². The normalized spacial score (nSPS) is 19.8. The van der Waals surface area contributed by atoms with Gasteiger partial charge in [0, 0.05) is 18.5 Å². The Balaban J connectivity index is 1.83. The Morgan fingerprint density at radius 2 is 1.14 bits per heavy atom. The number of nitrogens with one attached hydrogen (secondary N) is 2. The highest BCUT2D eigenvalue weighted by atomic mass is 35.5. The highest BCUT2D eigenvalue weighted by molar-refractivity contribution is 6.31. The summed E-state index contributed by atoms with van der Waals surface area (Å²) in [6.07, 6.45) is 25.9. The van der Waals surface area contributed by atoms with Gasteiger partial charge in [0.1, 0.15) is 30.5 Å². The maximum Gasteiger partial charge on any atom is 0.417 e. The van der Waals surface area contributed by atoms with Crippen LogP contribution in [0.4, 0.5) is 13.2 Å². The van der Waals surface area contributed by atoms with Gasteiger partial charge in [0.15, 0.2) is 6.29 Å². The number of hydrogen-bond acceptors (Lipinski definition) is 9. The first-order valence-electron chi connectivity index (χ1n) is 28.0. The molecule has 0 saturated carbocycles. The molecule has 7 N–H and O–H groups in total. The summed E-state index contributed by atoms with van der Waals surface area (Å²) >= 11 is 5.69. The van der Waals surface area contributed by atoms with E-state index in [0.29, 0.717) is 18.9 Å². The third-order valence-corrected chi connectivity index (χ3v) is 14.1. The number of amides is 2. The zero-order valence-electron chi connectivity index (χ0n) is 43.6. The molecule has 1 saturated heterocycles. The van der Waals surface area contributed by atoms with Crippen LogP contribution in [0, 0.1) is 0 Å². The molecule has 2 unspecified atom stereocenters. The first kappa shape index (κ1) is 64.8. The third-order valence-electron chi connectivity index (χ3n) is 13.8. The Labute approximate surface area is 430 Å². The van der Waals surface area contributed by atoms with Crippen LogP contribution in [0.15, 0.2) is 30.4 Å². The highest BCUT2D eigenvalue weighted by Gasteiger charge is 2.45. The molecule has 1 aliphatic rings. The molecule has 11 nitrogen and oxygen atoms in total. The number of carbonyl (C=O) groups excluding carboxylic acids is 2. The molecule has 0 aromatic heterocycles. The standard InChI is InChI=1S/C56H96ClF3N2O9/c1-3-5-7-9-11-13-15-17-18-19-20-21-22-23-24-25-27-29-31-33-35-37-49(64)62-46(50(65)47(63)36-34-32-30-28-26-16-14-12-10-8-6-4-2)42-70-55-53(68)52(67)51(66)48(71-55)41-61-54(69)43-38-39-45(57)44(40-43)56(58,59)60/h17-18,38-40,46-48,50-53,55,63,65-68H,3-16,19-37,41-42H2,1-2H3,(H,61,69)(H,62,64)/b18-17-/t46-,47+,48?,50-,51-,52-,53?,55-/m0/s1. The molecule has 71 heavy (non-hydrogen) atoms. The van der Waals surface area contributed by atoms with E-state index in [4.69, 9.17) is 21.1 Å². The maximum atomic E-state index is 13.4. The molecular formula is C56H96ClF3N2O9. The van der Waals surface area contributed by atoms with Crippen LogP contribution >= 0.6 is 11.6 Å². The van der Waals surface area contributed by atoms with Crippen LogP contribution in [-0.2, 0) is 20.4 Å². The number of aliphatic hydroxyl groups is 5. The summed E-state index contributed by atoms with van der Waals surface area (Å²) in [5.74, 6) is -1.29. The summed E-state index contributed by atoms with van der Waals surface area (Å²) in [6, 6.07) is 1.50. The lowest BCUT2D eigenvalue weighted by Gasteiger charge is -2.41. The van der Waals surface area contributed by atoms with Crippen LogP contribution in [0.2, 0.25) is 5.02 Å². The lowest BCUT2D eigenvalue weighted by Crippen LogP contribution is -2.61. The number of hydrogen-bond donors (Lipinski definition) is 7. The molecule has 0 radical (unpaired) electrons. The molecule has 15 heteroatoms. The van der Waals surface area contributed by atoms with Gasteiger partial charge in [-0.3, -0.25) is 9.59 Å². The van der Waals surface area contributed by atoms with Crippen LogP contribution in [0.3, 0.4) is 0 Å². The summed E-state index contributed by atoms with van der Waals surface area (Å²) in [6.45, 7) is 3.53. The monoisotopic (exact) mass is 1030 g/mol. The zero-order chi connectivity index (χ0) is 52.1. The van der Waals surface area contributed by atoms with Crippen LogP contribution in [-0.4, -0.2) is 99.5 Å². The number of carbonyl (C=O) groups is 2. The highest BCUT2D eigenvalue weighted by Crippen LogP contribution is 2.35. The van der Waals surface area contributed by atoms with Gasteiger partial charge in [-0.15, -0.1) is 0 Å². The van der Waals surface area contributed by atoms with Gasteiger partial charge in [-0.05, 0) is 56.7 Å². The minimum atomic E-state index is -4.81. The predicted octanol–water partition coefficient (Wildman–Crippen LogP) is 12.6. The van der Waals surface area contributed by atoms with Gasteiger partial charge >= 0.3 is 6.18 Å². The first-order valence-corrected chi connectivity index (χ1v) is 28.4. The van der Waals surface area contributed by atoms with E-state index in [1.807, 2.05) is 0 Å². The molecule has 2 amide bonds. The molecule has 1 aromatic carbocycles. The molecule has 1 heterocycles. The summed E-state index contributed by atoms with van der Waals surface area (Å²) < 4.78 is 51.8. The molecule has 8 atom stereocenters. The molecule has 1 aromatic rings. The van der Waals surface area contributed by atoms with Crippen molar-refractivity contribution in [3.8, 4) is 0 Å². The van der Waals surface area contributed by atoms with Crippen molar-refractivity contribution in [2.75, 3.05) is 13.2 Å². The molecule has 0 aliphatic carbocycles. The van der Waals surface area contributed by atoms with Gasteiger partial charge < -0.3 is 45.6 Å². The second-order valence-electron chi connectivity index (χ2n) is 20.1. The minimum absolute atomic E-state index is 0.194. The lowest BCUT2D eigenvalue weighted by molar-refractivity contribution is -0.297. The number of unbranched alkanes of at least 4 members (excludes halogenated alkanes) is 28. The molecular weight excluding hydrogens is 937 g/mol. The van der Waals surface area contributed by atoms with Gasteiger partial charge in [0.05, 0.1) is 29.3 Å². The fourth-order valence-corrected chi connectivity index (χ4v) is 9.38. The average Bonchev–Trinajstić information content (AvgIpc) is 3.34. The molecule has 0 spiro atoms. The van der Waals surface area contributed by atoms with Crippen molar-refractivity contribution in [1.29, 1.82) is 0 Å². The van der Waals surface area contributed by atoms with Gasteiger partial charge in [-0.2, -0.15) is 13.2 Å². The topological polar surface area (TPSA) is 178 Å². The van der Waals surface area contributed by atoms with Gasteiger partial charge in [-0.25, -0.2) is 0 Å². The largest absolute Gasteiger partial charge is 0.417 e. The lowest BCUT2D eigenvalue weighted by atomic mass is 9.98. The zero-order valence-corrected chi connectivity index (χ0v) is 44.4. The van der Waals surface area contributed by atoms with Crippen molar-refractivity contribution in [3.63, 3.8) is 0 Å². The fourth-order valence-electron chi connectivity index (χ4n) is 9.16.